The molecule has 1 N–H and O–H groups in total. The Morgan fingerprint density at radius 1 is 1.03 bits per heavy atom. The molecule has 4 rings (SSSR count). The first-order valence-corrected chi connectivity index (χ1v) is 13.5. The zero-order valence-electron chi connectivity index (χ0n) is 19.7. The van der Waals surface area contributed by atoms with Gasteiger partial charge >= 0.3 is 0 Å². The quantitative estimate of drug-likeness (QED) is 0.579. The summed E-state index contributed by atoms with van der Waals surface area (Å²) in [5.41, 5.74) is 0.309. The Labute approximate surface area is 201 Å². The summed E-state index contributed by atoms with van der Waals surface area (Å²) in [6, 6.07) is 13.7. The maximum absolute atomic E-state index is 13.3. The zero-order chi connectivity index (χ0) is 24.3. The number of ether oxygens (including phenoxy) is 1. The Morgan fingerprint density at radius 2 is 1.68 bits per heavy atom. The second-order valence-corrected chi connectivity index (χ2v) is 11.0. The van der Waals surface area contributed by atoms with Crippen molar-refractivity contribution in [1.82, 2.24) is 4.31 Å². The fraction of sp³-hybridized carbons (Fsp3) is 0.462. The third kappa shape index (κ3) is 5.03. The average molecular weight is 485 g/mol. The Balaban J connectivity index is 1.63. The third-order valence-electron chi connectivity index (χ3n) is 6.94. The second kappa shape index (κ2) is 10.3. The van der Waals surface area contributed by atoms with Crippen molar-refractivity contribution in [3.63, 3.8) is 0 Å². The maximum atomic E-state index is 13.3. The highest BCUT2D eigenvalue weighted by Gasteiger charge is 2.41. The van der Waals surface area contributed by atoms with Crippen LogP contribution in [-0.2, 0) is 19.6 Å². The van der Waals surface area contributed by atoms with Gasteiger partial charge in [-0.05, 0) is 56.0 Å². The van der Waals surface area contributed by atoms with Gasteiger partial charge < -0.3 is 10.1 Å². The summed E-state index contributed by atoms with van der Waals surface area (Å²) in [6.07, 6.45) is 3.83. The van der Waals surface area contributed by atoms with E-state index in [-0.39, 0.29) is 28.6 Å². The molecular weight excluding hydrogens is 452 g/mol. The van der Waals surface area contributed by atoms with Crippen molar-refractivity contribution in [3.05, 3.63) is 48.5 Å². The molecule has 2 atom stereocenters. The van der Waals surface area contributed by atoms with E-state index in [9.17, 15) is 18.0 Å². The topological polar surface area (TPSA) is 92.8 Å². The number of rotatable bonds is 8. The van der Waals surface area contributed by atoms with Crippen molar-refractivity contribution in [2.45, 2.75) is 50.8 Å². The van der Waals surface area contributed by atoms with Crippen LogP contribution in [-0.4, -0.2) is 37.5 Å². The Morgan fingerprint density at radius 3 is 2.29 bits per heavy atom. The van der Waals surface area contributed by atoms with Gasteiger partial charge in [-0.1, -0.05) is 38.5 Å². The Kier molecular flexibility index (Phi) is 7.38. The smallest absolute Gasteiger partial charge is 0.243 e. The van der Waals surface area contributed by atoms with E-state index in [4.69, 9.17) is 4.74 Å². The van der Waals surface area contributed by atoms with Crippen LogP contribution in [0.1, 0.15) is 46.0 Å². The molecule has 0 aromatic heterocycles. The number of anilines is 1. The van der Waals surface area contributed by atoms with Crippen LogP contribution in [0.25, 0.3) is 0 Å². The van der Waals surface area contributed by atoms with Gasteiger partial charge in [-0.15, -0.1) is 0 Å². The molecule has 2 bridgehead atoms. The van der Waals surface area contributed by atoms with Crippen LogP contribution in [0, 0.1) is 17.8 Å². The fourth-order valence-electron chi connectivity index (χ4n) is 5.11. The molecule has 1 amide bonds. The predicted octanol–water partition coefficient (Wildman–Crippen LogP) is 4.84. The highest BCUT2D eigenvalue weighted by Crippen LogP contribution is 2.41. The number of sulfonamides is 1. The summed E-state index contributed by atoms with van der Waals surface area (Å²) >= 11 is 0. The molecule has 2 aliphatic carbocycles. The van der Waals surface area contributed by atoms with Gasteiger partial charge in [0, 0.05) is 30.8 Å². The number of fused-ring (bicyclic) bond motifs is 2. The van der Waals surface area contributed by atoms with Crippen molar-refractivity contribution in [2.75, 3.05) is 18.4 Å². The summed E-state index contributed by atoms with van der Waals surface area (Å²) in [4.78, 5) is 25.8. The first-order chi connectivity index (χ1) is 16.3. The third-order valence-corrected chi connectivity index (χ3v) is 8.99. The van der Waals surface area contributed by atoms with Crippen molar-refractivity contribution in [3.8, 4) is 11.5 Å². The average Bonchev–Trinajstić information content (AvgIpc) is 2.81. The predicted molar refractivity (Wildman–Crippen MR) is 130 cm³/mol. The first-order valence-electron chi connectivity index (χ1n) is 12.0. The minimum Gasteiger partial charge on any atom is -0.455 e. The summed E-state index contributed by atoms with van der Waals surface area (Å²) in [5.74, 6) is 0.687. The van der Waals surface area contributed by atoms with Crippen molar-refractivity contribution >= 4 is 27.4 Å². The van der Waals surface area contributed by atoms with Gasteiger partial charge in [0.2, 0.25) is 15.9 Å². The monoisotopic (exact) mass is 484 g/mol. The lowest BCUT2D eigenvalue weighted by Crippen LogP contribution is -2.40. The lowest BCUT2D eigenvalue weighted by molar-refractivity contribution is -0.136. The summed E-state index contributed by atoms with van der Waals surface area (Å²) < 4.78 is 33.6. The summed E-state index contributed by atoms with van der Waals surface area (Å²) in [7, 11) is -3.71. The summed E-state index contributed by atoms with van der Waals surface area (Å²) in [6.45, 7) is 4.28. The number of Topliss-reactive ketones (excluding diaryl/α,β-unsaturated/α-hetero) is 1. The van der Waals surface area contributed by atoms with Crippen molar-refractivity contribution in [1.29, 1.82) is 0 Å². The van der Waals surface area contributed by atoms with Gasteiger partial charge in [-0.25, -0.2) is 8.42 Å². The number of para-hydroxylation sites is 1. The molecule has 0 radical (unpaired) electrons. The van der Waals surface area contributed by atoms with Crippen LogP contribution in [0.3, 0.4) is 0 Å². The van der Waals surface area contributed by atoms with Gasteiger partial charge in [0.05, 0.1) is 10.6 Å². The molecule has 2 unspecified atom stereocenters. The van der Waals surface area contributed by atoms with Gasteiger partial charge in [0.1, 0.15) is 11.5 Å². The van der Waals surface area contributed by atoms with Crippen molar-refractivity contribution < 1.29 is 22.7 Å². The molecular formula is C26H32N2O5S. The number of nitrogens with one attached hydrogen (secondary N) is 1. The first kappa shape index (κ1) is 24.4. The molecule has 34 heavy (non-hydrogen) atoms. The minimum absolute atomic E-state index is 0.0438. The number of hydrogen-bond donors (Lipinski definition) is 1. The number of carbonyl (C=O) groups is 2. The molecule has 2 aliphatic rings. The van der Waals surface area contributed by atoms with Crippen LogP contribution in [0.15, 0.2) is 53.4 Å². The largest absolute Gasteiger partial charge is 0.455 e. The Bertz CT molecular complexity index is 1130. The zero-order valence-corrected chi connectivity index (χ0v) is 20.5. The van der Waals surface area contributed by atoms with Crippen LogP contribution in [0.5, 0.6) is 11.5 Å². The molecule has 0 heterocycles. The molecule has 2 aromatic rings. The molecule has 8 heteroatoms. The standard InChI is InChI=1S/C26H32N2O5S/c1-3-28(4-2)34(31,32)22-13-14-24(33-21-11-6-5-7-12-21)23(17-22)27-26(30)20-15-18-9-8-10-19(16-20)25(18)29/h5-7,11-14,17-20H,3-4,8-10,15-16H2,1-2H3,(H,27,30). The van der Waals surface area contributed by atoms with E-state index < -0.39 is 10.0 Å². The van der Waals surface area contributed by atoms with Crippen LogP contribution in [0.4, 0.5) is 5.69 Å². The van der Waals surface area contributed by atoms with E-state index in [0.717, 1.165) is 19.3 Å². The minimum atomic E-state index is -3.71. The molecule has 0 spiro atoms. The van der Waals surface area contributed by atoms with E-state index >= 15 is 0 Å². The van der Waals surface area contributed by atoms with Gasteiger partial charge in [-0.3, -0.25) is 9.59 Å². The summed E-state index contributed by atoms with van der Waals surface area (Å²) in [5, 5.41) is 2.93. The SMILES string of the molecule is CCN(CC)S(=O)(=O)c1ccc(Oc2ccccc2)c(NC(=O)C2CC3CCCC(C2)C3=O)c1. The van der Waals surface area contributed by atoms with E-state index in [2.05, 4.69) is 5.32 Å². The number of carbonyl (C=O) groups excluding carboxylic acids is 2. The normalized spacial score (nSPS) is 22.4. The van der Waals surface area contributed by atoms with E-state index in [1.807, 2.05) is 18.2 Å². The number of hydrogen-bond acceptors (Lipinski definition) is 5. The van der Waals surface area contributed by atoms with Gasteiger partial charge in [0.25, 0.3) is 0 Å². The molecule has 0 aliphatic heterocycles. The molecule has 2 aromatic carbocycles. The Hall–Kier alpha value is -2.71. The van der Waals surface area contributed by atoms with Gasteiger partial charge in [-0.2, -0.15) is 4.31 Å². The van der Waals surface area contributed by atoms with E-state index in [1.165, 1.54) is 16.4 Å². The molecule has 2 fully saturated rings. The molecule has 0 saturated heterocycles. The fourth-order valence-corrected chi connectivity index (χ4v) is 6.60. The van der Waals surface area contributed by atoms with Crippen LogP contribution >= 0.6 is 0 Å². The molecule has 182 valence electrons. The molecule has 2 saturated carbocycles. The van der Waals surface area contributed by atoms with E-state index in [0.29, 0.717) is 48.9 Å². The number of amides is 1. The lowest BCUT2D eigenvalue weighted by atomic mass is 9.67. The van der Waals surface area contributed by atoms with E-state index in [1.54, 1.807) is 32.0 Å². The lowest BCUT2D eigenvalue weighted by Gasteiger charge is -2.37. The highest BCUT2D eigenvalue weighted by atomic mass is 32.2. The van der Waals surface area contributed by atoms with Gasteiger partial charge in [0.15, 0.2) is 5.75 Å². The van der Waals surface area contributed by atoms with Crippen LogP contribution < -0.4 is 10.1 Å². The highest BCUT2D eigenvalue weighted by molar-refractivity contribution is 7.89. The number of ketones is 1. The van der Waals surface area contributed by atoms with Crippen molar-refractivity contribution in [2.24, 2.45) is 17.8 Å². The number of benzene rings is 2. The molecule has 7 nitrogen and oxygen atoms in total. The number of nitrogens with zero attached hydrogens (tertiary/aromatic N) is 1. The second-order valence-electron chi connectivity index (χ2n) is 9.05. The van der Waals surface area contributed by atoms with Crippen LogP contribution in [0.2, 0.25) is 0 Å². The maximum Gasteiger partial charge on any atom is 0.243 e.